The summed E-state index contributed by atoms with van der Waals surface area (Å²) >= 11 is 0. The van der Waals surface area contributed by atoms with Crippen LogP contribution in [0.15, 0.2) is 16.9 Å². The zero-order valence-corrected chi connectivity index (χ0v) is 9.45. The van der Waals surface area contributed by atoms with Crippen molar-refractivity contribution < 1.29 is 8.78 Å². The molecule has 1 aliphatic rings. The lowest BCUT2D eigenvalue weighted by Crippen LogP contribution is -2.17. The second-order valence-corrected chi connectivity index (χ2v) is 4.42. The van der Waals surface area contributed by atoms with Gasteiger partial charge in [0.15, 0.2) is 0 Å². The molecule has 0 amide bonds. The number of hydrazone groups is 1. The van der Waals surface area contributed by atoms with Crippen LogP contribution in [0.4, 0.5) is 8.78 Å². The molecular weight excluding hydrogens is 198 g/mol. The van der Waals surface area contributed by atoms with E-state index in [9.17, 15) is 8.78 Å². The van der Waals surface area contributed by atoms with Crippen LogP contribution in [0, 0.1) is 17.8 Å². The van der Waals surface area contributed by atoms with Gasteiger partial charge in [0, 0.05) is 12.9 Å². The molecule has 2 nitrogen and oxygen atoms in total. The number of alkyl halides is 2. The van der Waals surface area contributed by atoms with Gasteiger partial charge in [-0.1, -0.05) is 19.4 Å². The van der Waals surface area contributed by atoms with E-state index in [4.69, 9.17) is 0 Å². The molecule has 1 fully saturated rings. The van der Waals surface area contributed by atoms with Crippen LogP contribution in [0.2, 0.25) is 0 Å². The molecule has 0 N–H and O–H groups in total. The summed E-state index contributed by atoms with van der Waals surface area (Å²) in [4.78, 5) is 0. The lowest BCUT2D eigenvalue weighted by atomic mass is 10.0. The molecule has 0 aromatic rings. The van der Waals surface area contributed by atoms with E-state index in [-0.39, 0.29) is 0 Å². The third-order valence-corrected chi connectivity index (χ3v) is 2.98. The normalized spacial score (nSPS) is 25.9. The SMILES string of the molecule is C=NN(/C=C(\C)[C@H]1C[C@@H]1C(C)C)C(F)F. The first kappa shape index (κ1) is 12.1. The molecule has 0 radical (unpaired) electrons. The average molecular weight is 216 g/mol. The molecule has 0 aliphatic heterocycles. The largest absolute Gasteiger partial charge is 0.333 e. The Morgan fingerprint density at radius 3 is 2.47 bits per heavy atom. The first-order chi connectivity index (χ1) is 6.97. The summed E-state index contributed by atoms with van der Waals surface area (Å²) in [5, 5.41) is 3.88. The van der Waals surface area contributed by atoms with E-state index >= 15 is 0 Å². The van der Waals surface area contributed by atoms with Crippen molar-refractivity contribution >= 4 is 6.72 Å². The lowest BCUT2D eigenvalue weighted by molar-refractivity contribution is 0.00750. The van der Waals surface area contributed by atoms with Gasteiger partial charge in [-0.2, -0.15) is 13.9 Å². The summed E-state index contributed by atoms with van der Waals surface area (Å²) in [5.74, 6) is 1.72. The fourth-order valence-corrected chi connectivity index (χ4v) is 1.94. The predicted octanol–water partition coefficient (Wildman–Crippen LogP) is 3.32. The second kappa shape index (κ2) is 4.73. The molecular formula is C11H18F2N2. The summed E-state index contributed by atoms with van der Waals surface area (Å²) in [6, 6.07) is 0. The van der Waals surface area contributed by atoms with Crippen LogP contribution in [-0.2, 0) is 0 Å². The van der Waals surface area contributed by atoms with Crippen LogP contribution in [0.1, 0.15) is 27.2 Å². The van der Waals surface area contributed by atoms with Crippen molar-refractivity contribution in [2.24, 2.45) is 22.9 Å². The summed E-state index contributed by atoms with van der Waals surface area (Å²) in [7, 11) is 0. The van der Waals surface area contributed by atoms with Crippen molar-refractivity contribution in [3.05, 3.63) is 11.8 Å². The first-order valence-corrected chi connectivity index (χ1v) is 5.18. The van der Waals surface area contributed by atoms with E-state index in [1.54, 1.807) is 0 Å². The second-order valence-electron chi connectivity index (χ2n) is 4.42. The molecule has 4 heteroatoms. The maximum Gasteiger partial charge on any atom is 0.333 e. The van der Waals surface area contributed by atoms with Crippen LogP contribution in [-0.4, -0.2) is 18.3 Å². The molecule has 0 spiro atoms. The smallest absolute Gasteiger partial charge is 0.212 e. The van der Waals surface area contributed by atoms with Gasteiger partial charge in [0.2, 0.25) is 0 Å². The van der Waals surface area contributed by atoms with Gasteiger partial charge in [-0.05, 0) is 31.1 Å². The lowest BCUT2D eigenvalue weighted by Gasteiger charge is -2.13. The molecule has 0 heterocycles. The van der Waals surface area contributed by atoms with Gasteiger partial charge < -0.3 is 0 Å². The third kappa shape index (κ3) is 3.01. The molecule has 1 saturated carbocycles. The molecule has 0 saturated heterocycles. The fourth-order valence-electron chi connectivity index (χ4n) is 1.94. The number of rotatable bonds is 5. The van der Waals surface area contributed by atoms with Gasteiger partial charge in [-0.3, -0.25) is 0 Å². The van der Waals surface area contributed by atoms with Crippen molar-refractivity contribution in [2.45, 2.75) is 33.7 Å². The highest BCUT2D eigenvalue weighted by atomic mass is 19.3. The maximum atomic E-state index is 12.3. The van der Waals surface area contributed by atoms with Gasteiger partial charge >= 0.3 is 6.55 Å². The van der Waals surface area contributed by atoms with Gasteiger partial charge in [-0.25, -0.2) is 5.01 Å². The van der Waals surface area contributed by atoms with Crippen molar-refractivity contribution in [1.29, 1.82) is 0 Å². The Bertz CT molecular complexity index is 261. The number of allylic oxidation sites excluding steroid dienone is 1. The number of hydrogen-bond donors (Lipinski definition) is 0. The zero-order valence-electron chi connectivity index (χ0n) is 9.45. The summed E-state index contributed by atoms with van der Waals surface area (Å²) in [5.41, 5.74) is 0.974. The molecule has 0 bridgehead atoms. The van der Waals surface area contributed by atoms with Gasteiger partial charge in [-0.15, -0.1) is 0 Å². The zero-order chi connectivity index (χ0) is 11.6. The number of hydrogen-bond acceptors (Lipinski definition) is 2. The van der Waals surface area contributed by atoms with Crippen LogP contribution in [0.3, 0.4) is 0 Å². The Labute approximate surface area is 89.6 Å². The minimum Gasteiger partial charge on any atom is -0.212 e. The van der Waals surface area contributed by atoms with Crippen LogP contribution < -0.4 is 0 Å². The van der Waals surface area contributed by atoms with E-state index in [2.05, 4.69) is 25.7 Å². The monoisotopic (exact) mass is 216 g/mol. The molecule has 86 valence electrons. The van der Waals surface area contributed by atoms with E-state index in [0.29, 0.717) is 22.8 Å². The number of halogens is 2. The van der Waals surface area contributed by atoms with E-state index in [1.807, 2.05) is 6.92 Å². The average Bonchev–Trinajstić information content (AvgIpc) is 2.92. The molecule has 0 aromatic carbocycles. The highest BCUT2D eigenvalue weighted by Crippen LogP contribution is 2.48. The summed E-state index contributed by atoms with van der Waals surface area (Å²) in [6.45, 7) is 6.72. The van der Waals surface area contributed by atoms with E-state index in [1.165, 1.54) is 6.20 Å². The highest BCUT2D eigenvalue weighted by Gasteiger charge is 2.40. The molecule has 2 atom stereocenters. The Morgan fingerprint density at radius 2 is 2.13 bits per heavy atom. The standard InChI is InChI=1S/C11H18F2N2/c1-7(2)9-5-10(9)8(3)6-15(14-4)11(12)13/h6-7,9-11H,4-5H2,1-3H3/b8-6+/t9-,10-/m1/s1. The molecule has 0 aromatic heterocycles. The molecule has 15 heavy (non-hydrogen) atoms. The molecule has 0 unspecified atom stereocenters. The van der Waals surface area contributed by atoms with Crippen LogP contribution >= 0.6 is 0 Å². The minimum atomic E-state index is -2.60. The van der Waals surface area contributed by atoms with Gasteiger partial charge in [0.25, 0.3) is 0 Å². The molecule has 1 rings (SSSR count). The first-order valence-electron chi connectivity index (χ1n) is 5.18. The summed E-state index contributed by atoms with van der Waals surface area (Å²) < 4.78 is 24.7. The highest BCUT2D eigenvalue weighted by molar-refractivity contribution is 5.23. The van der Waals surface area contributed by atoms with Crippen molar-refractivity contribution in [2.75, 3.05) is 0 Å². The Kier molecular flexibility index (Phi) is 3.83. The van der Waals surface area contributed by atoms with E-state index < -0.39 is 6.55 Å². The van der Waals surface area contributed by atoms with Crippen molar-refractivity contribution in [3.8, 4) is 0 Å². The minimum absolute atomic E-state index is 0.452. The maximum absolute atomic E-state index is 12.3. The molecule has 1 aliphatic carbocycles. The van der Waals surface area contributed by atoms with Crippen LogP contribution in [0.25, 0.3) is 0 Å². The summed E-state index contributed by atoms with van der Waals surface area (Å²) in [6.07, 6.45) is 2.51. The van der Waals surface area contributed by atoms with Crippen molar-refractivity contribution in [1.82, 2.24) is 5.01 Å². The Hall–Kier alpha value is -0.930. The van der Waals surface area contributed by atoms with Crippen molar-refractivity contribution in [3.63, 3.8) is 0 Å². The third-order valence-electron chi connectivity index (χ3n) is 2.98. The topological polar surface area (TPSA) is 15.6 Å². The Balaban J connectivity index is 2.57. The quantitative estimate of drug-likeness (QED) is 0.391. The van der Waals surface area contributed by atoms with Crippen LogP contribution in [0.5, 0.6) is 0 Å². The van der Waals surface area contributed by atoms with E-state index in [0.717, 1.165) is 12.0 Å². The number of nitrogens with zero attached hydrogens (tertiary/aromatic N) is 2. The van der Waals surface area contributed by atoms with Gasteiger partial charge in [0.05, 0.1) is 0 Å². The predicted molar refractivity (Wildman–Crippen MR) is 57.6 cm³/mol. The van der Waals surface area contributed by atoms with Gasteiger partial charge in [0.1, 0.15) is 0 Å². The fraction of sp³-hybridized carbons (Fsp3) is 0.727. The Morgan fingerprint density at radius 1 is 1.53 bits per heavy atom.